The molecule has 0 saturated carbocycles. The van der Waals surface area contributed by atoms with Crippen LogP contribution in [0.5, 0.6) is 0 Å². The van der Waals surface area contributed by atoms with E-state index in [-0.39, 0.29) is 0 Å². The van der Waals surface area contributed by atoms with Gasteiger partial charge in [0.25, 0.3) is 0 Å². The monoisotopic (exact) mass is 182 g/mol. The van der Waals surface area contributed by atoms with Crippen LogP contribution in [-0.4, -0.2) is 4.98 Å². The third-order valence-electron chi connectivity index (χ3n) is 1.15. The average Bonchev–Trinajstić information content (AvgIpc) is 2.13. The van der Waals surface area contributed by atoms with Gasteiger partial charge in [-0.05, 0) is 13.0 Å². The van der Waals surface area contributed by atoms with E-state index in [2.05, 4.69) is 4.98 Å². The van der Waals surface area contributed by atoms with Crippen LogP contribution in [0.4, 0.5) is 0 Å². The maximum absolute atomic E-state index is 8.40. The highest BCUT2D eigenvalue weighted by Crippen LogP contribution is 2.12. The molecule has 3 heteroatoms. The van der Waals surface area contributed by atoms with E-state index in [1.54, 1.807) is 13.0 Å². The number of aryl methyl sites for hydroxylation is 1. The van der Waals surface area contributed by atoms with Crippen LogP contribution in [0.3, 0.4) is 0 Å². The summed E-state index contributed by atoms with van der Waals surface area (Å²) in [6, 6.07) is 3.55. The van der Waals surface area contributed by atoms with Gasteiger partial charge in [-0.3, -0.25) is 4.98 Å². The molecule has 0 aliphatic rings. The maximum Gasteiger partial charge on any atom is 0.101 e. The predicted octanol–water partition coefficient (Wildman–Crippen LogP) is 2.94. The Hall–Kier alpha value is -1.07. The van der Waals surface area contributed by atoms with Gasteiger partial charge in [0, 0.05) is 6.20 Å². The Morgan fingerprint density at radius 2 is 2.08 bits per heavy atom. The molecule has 0 unspecified atom stereocenters. The van der Waals surface area contributed by atoms with Gasteiger partial charge in [-0.2, -0.15) is 5.26 Å². The first-order valence-electron chi connectivity index (χ1n) is 3.76. The fourth-order valence-corrected chi connectivity index (χ4v) is 0.734. The number of halogens is 1. The van der Waals surface area contributed by atoms with Crippen LogP contribution >= 0.6 is 11.6 Å². The predicted molar refractivity (Wildman–Crippen MR) is 50.0 cm³/mol. The van der Waals surface area contributed by atoms with E-state index in [1.807, 2.05) is 19.9 Å². The van der Waals surface area contributed by atoms with Crippen LogP contribution in [0.2, 0.25) is 5.02 Å². The van der Waals surface area contributed by atoms with Gasteiger partial charge in [0.2, 0.25) is 0 Å². The third-order valence-corrected chi connectivity index (χ3v) is 1.54. The van der Waals surface area contributed by atoms with Gasteiger partial charge in [-0.1, -0.05) is 25.4 Å². The molecule has 0 amide bonds. The lowest BCUT2D eigenvalue weighted by atomic mass is 10.3. The second-order valence-corrected chi connectivity index (χ2v) is 2.31. The van der Waals surface area contributed by atoms with Gasteiger partial charge in [0.05, 0.1) is 16.3 Å². The fraction of sp³-hybridized carbons (Fsp3) is 0.333. The number of aromatic nitrogens is 1. The fourth-order valence-electron chi connectivity index (χ4n) is 0.567. The van der Waals surface area contributed by atoms with E-state index in [9.17, 15) is 0 Å². The Morgan fingerprint density at radius 3 is 2.50 bits per heavy atom. The van der Waals surface area contributed by atoms with Crippen molar-refractivity contribution in [2.45, 2.75) is 20.8 Å². The molecule has 0 atom stereocenters. The molecule has 0 saturated heterocycles. The number of hydrogen-bond donors (Lipinski definition) is 0. The van der Waals surface area contributed by atoms with E-state index in [1.165, 1.54) is 6.20 Å². The van der Waals surface area contributed by atoms with Crippen LogP contribution in [0.15, 0.2) is 12.3 Å². The van der Waals surface area contributed by atoms with Crippen LogP contribution < -0.4 is 0 Å². The van der Waals surface area contributed by atoms with Crippen molar-refractivity contribution in [3.63, 3.8) is 0 Å². The van der Waals surface area contributed by atoms with E-state index < -0.39 is 0 Å². The molecule has 0 aliphatic heterocycles. The molecular formula is C9H11ClN2. The van der Waals surface area contributed by atoms with E-state index in [0.29, 0.717) is 10.6 Å². The number of nitrogens with zero attached hydrogens (tertiary/aromatic N) is 2. The molecular weight excluding hydrogens is 172 g/mol. The molecule has 0 radical (unpaired) electrons. The normalized spacial score (nSPS) is 7.92. The Balaban J connectivity index is 0.000000561. The first-order chi connectivity index (χ1) is 5.74. The largest absolute Gasteiger partial charge is 0.259 e. The van der Waals surface area contributed by atoms with Crippen molar-refractivity contribution in [2.75, 3.05) is 0 Å². The lowest BCUT2D eigenvalue weighted by Crippen LogP contribution is -1.83. The summed E-state index contributed by atoms with van der Waals surface area (Å²) in [4.78, 5) is 3.90. The second-order valence-electron chi connectivity index (χ2n) is 1.90. The quantitative estimate of drug-likeness (QED) is 0.619. The number of rotatable bonds is 0. The minimum Gasteiger partial charge on any atom is -0.259 e. The highest BCUT2D eigenvalue weighted by molar-refractivity contribution is 6.31. The van der Waals surface area contributed by atoms with Gasteiger partial charge in [0.15, 0.2) is 0 Å². The summed E-state index contributed by atoms with van der Waals surface area (Å²) < 4.78 is 0. The van der Waals surface area contributed by atoms with Crippen molar-refractivity contribution < 1.29 is 0 Å². The number of pyridine rings is 1. The van der Waals surface area contributed by atoms with Gasteiger partial charge in [-0.25, -0.2) is 0 Å². The molecule has 0 spiro atoms. The van der Waals surface area contributed by atoms with Gasteiger partial charge >= 0.3 is 0 Å². The summed E-state index contributed by atoms with van der Waals surface area (Å²) in [5, 5.41) is 8.95. The maximum atomic E-state index is 8.40. The number of hydrogen-bond acceptors (Lipinski definition) is 2. The van der Waals surface area contributed by atoms with Crippen molar-refractivity contribution in [1.29, 1.82) is 5.26 Å². The molecule has 12 heavy (non-hydrogen) atoms. The third kappa shape index (κ3) is 2.89. The van der Waals surface area contributed by atoms with E-state index in [0.717, 1.165) is 5.69 Å². The minimum atomic E-state index is 0.496. The molecule has 1 rings (SSSR count). The van der Waals surface area contributed by atoms with Crippen molar-refractivity contribution in [3.8, 4) is 6.07 Å². The van der Waals surface area contributed by atoms with Crippen LogP contribution in [0, 0.1) is 18.3 Å². The molecule has 1 aromatic rings. The number of nitriles is 1. The van der Waals surface area contributed by atoms with Crippen molar-refractivity contribution in [1.82, 2.24) is 4.98 Å². The summed E-state index contributed by atoms with van der Waals surface area (Å²) in [5.74, 6) is 0. The lowest BCUT2D eigenvalue weighted by molar-refractivity contribution is 1.19. The zero-order chi connectivity index (χ0) is 9.56. The van der Waals surface area contributed by atoms with Crippen molar-refractivity contribution >= 4 is 11.6 Å². The molecule has 1 heterocycles. The molecule has 0 aromatic carbocycles. The average molecular weight is 183 g/mol. The van der Waals surface area contributed by atoms with Crippen LogP contribution in [-0.2, 0) is 0 Å². The van der Waals surface area contributed by atoms with E-state index >= 15 is 0 Å². The first-order valence-corrected chi connectivity index (χ1v) is 4.14. The molecule has 2 nitrogen and oxygen atoms in total. The van der Waals surface area contributed by atoms with Crippen molar-refractivity contribution in [3.05, 3.63) is 28.5 Å². The molecule has 1 aromatic heterocycles. The Bertz CT molecular complexity index is 289. The zero-order valence-corrected chi connectivity index (χ0v) is 8.18. The first kappa shape index (κ1) is 10.9. The molecule has 0 aliphatic carbocycles. The topological polar surface area (TPSA) is 36.7 Å². The summed E-state index contributed by atoms with van der Waals surface area (Å²) in [7, 11) is 0. The molecule has 64 valence electrons. The Morgan fingerprint density at radius 1 is 1.50 bits per heavy atom. The van der Waals surface area contributed by atoms with Crippen LogP contribution in [0.25, 0.3) is 0 Å². The van der Waals surface area contributed by atoms with E-state index in [4.69, 9.17) is 16.9 Å². The van der Waals surface area contributed by atoms with Gasteiger partial charge in [-0.15, -0.1) is 0 Å². The molecule has 0 N–H and O–H groups in total. The van der Waals surface area contributed by atoms with Gasteiger partial charge in [0.1, 0.15) is 6.07 Å². The molecule has 0 fully saturated rings. The minimum absolute atomic E-state index is 0.496. The second kappa shape index (κ2) is 5.56. The van der Waals surface area contributed by atoms with Gasteiger partial charge < -0.3 is 0 Å². The van der Waals surface area contributed by atoms with Crippen LogP contribution in [0.1, 0.15) is 25.1 Å². The molecule has 0 bridgehead atoms. The Labute approximate surface area is 77.8 Å². The summed E-state index contributed by atoms with van der Waals surface area (Å²) in [6.07, 6.45) is 1.50. The zero-order valence-electron chi connectivity index (χ0n) is 7.43. The Kier molecular flexibility index (Phi) is 5.07. The highest BCUT2D eigenvalue weighted by atomic mass is 35.5. The summed E-state index contributed by atoms with van der Waals surface area (Å²) >= 11 is 5.68. The summed E-state index contributed by atoms with van der Waals surface area (Å²) in [6.45, 7) is 5.80. The standard InChI is InChI=1S/C7H5ClN2.C2H6/c1-5-7(8)2-6(3-9)4-10-5;1-2/h2,4H,1H3;1-2H3. The lowest BCUT2D eigenvalue weighted by Gasteiger charge is -1.93. The highest BCUT2D eigenvalue weighted by Gasteiger charge is 1.96. The smallest absolute Gasteiger partial charge is 0.101 e. The van der Waals surface area contributed by atoms with Crippen molar-refractivity contribution in [2.24, 2.45) is 0 Å². The summed E-state index contributed by atoms with van der Waals surface area (Å²) in [5.41, 5.74) is 1.25. The SMILES string of the molecule is CC.Cc1ncc(C#N)cc1Cl.